The molecule has 1 aliphatic heterocycles. The van der Waals surface area contributed by atoms with Gasteiger partial charge in [-0.05, 0) is 60.9 Å². The third kappa shape index (κ3) is 8.36. The Labute approximate surface area is 250 Å². The van der Waals surface area contributed by atoms with Gasteiger partial charge in [0.25, 0.3) is 0 Å². The van der Waals surface area contributed by atoms with E-state index in [0.717, 1.165) is 23.3 Å². The molecule has 3 rings (SSSR count). The van der Waals surface area contributed by atoms with Crippen molar-refractivity contribution in [1.29, 1.82) is 0 Å². The molecule has 0 N–H and O–H groups in total. The van der Waals surface area contributed by atoms with Crippen molar-refractivity contribution in [1.82, 2.24) is 0 Å². The number of hydrogen-bond acceptors (Lipinski definition) is 8. The monoisotopic (exact) mass is 606 g/mol. The number of hydrogen-bond donors (Lipinski definition) is 0. The first-order valence-corrected chi connectivity index (χ1v) is 16.9. The van der Waals surface area contributed by atoms with E-state index in [1.807, 2.05) is 56.5 Å². The minimum Gasteiger partial charge on any atom is -0.497 e. The van der Waals surface area contributed by atoms with Gasteiger partial charge in [0.2, 0.25) is 0 Å². The first-order valence-electron chi connectivity index (χ1n) is 14.0. The largest absolute Gasteiger partial charge is 0.497 e. The predicted molar refractivity (Wildman–Crippen MR) is 165 cm³/mol. The molecule has 7 nitrogen and oxygen atoms in total. The van der Waals surface area contributed by atoms with Crippen LogP contribution in [0.2, 0.25) is 0 Å². The molecule has 1 aliphatic rings. The Kier molecular flexibility index (Phi) is 12.8. The first kappa shape index (κ1) is 33.6. The fraction of sp³-hybridized carbons (Fsp3) is 0.562. The van der Waals surface area contributed by atoms with Crippen LogP contribution in [0.5, 0.6) is 5.75 Å². The number of methoxy groups -OCH3 is 3. The summed E-state index contributed by atoms with van der Waals surface area (Å²) in [6.07, 6.45) is 3.25. The predicted octanol–water partition coefficient (Wildman–Crippen LogP) is 6.37. The van der Waals surface area contributed by atoms with Gasteiger partial charge in [-0.25, -0.2) is 8.42 Å². The summed E-state index contributed by atoms with van der Waals surface area (Å²) in [5.74, 6) is 0.939. The van der Waals surface area contributed by atoms with Crippen LogP contribution in [0.25, 0.3) is 0 Å². The van der Waals surface area contributed by atoms with Crippen LogP contribution < -0.4 is 4.74 Å². The minimum atomic E-state index is -3.56. The van der Waals surface area contributed by atoms with Crippen molar-refractivity contribution in [2.24, 2.45) is 17.8 Å². The van der Waals surface area contributed by atoms with Crippen LogP contribution in [0.3, 0.4) is 0 Å². The molecule has 0 saturated carbocycles. The van der Waals surface area contributed by atoms with Crippen LogP contribution in [-0.4, -0.2) is 65.2 Å². The van der Waals surface area contributed by atoms with Gasteiger partial charge in [0.1, 0.15) is 22.5 Å². The number of ether oxygens (including phenoxy) is 5. The quantitative estimate of drug-likeness (QED) is 0.230. The maximum atomic E-state index is 13.5. The van der Waals surface area contributed by atoms with Gasteiger partial charge in [-0.3, -0.25) is 0 Å². The fourth-order valence-electron chi connectivity index (χ4n) is 5.72. The van der Waals surface area contributed by atoms with E-state index >= 15 is 0 Å². The van der Waals surface area contributed by atoms with Crippen LogP contribution in [0.1, 0.15) is 39.7 Å². The molecule has 2 aromatic carbocycles. The third-order valence-electron chi connectivity index (χ3n) is 7.79. The van der Waals surface area contributed by atoms with Crippen LogP contribution >= 0.6 is 11.8 Å². The van der Waals surface area contributed by atoms with Gasteiger partial charge in [0, 0.05) is 26.1 Å². The van der Waals surface area contributed by atoms with Crippen LogP contribution in [-0.2, 0) is 35.4 Å². The van der Waals surface area contributed by atoms with E-state index in [2.05, 4.69) is 13.8 Å². The molecule has 0 aliphatic carbocycles. The van der Waals surface area contributed by atoms with Crippen LogP contribution in [0, 0.1) is 17.8 Å². The second-order valence-corrected chi connectivity index (χ2v) is 14.3. The molecule has 8 atom stereocenters. The van der Waals surface area contributed by atoms with Crippen molar-refractivity contribution < 1.29 is 32.1 Å². The lowest BCUT2D eigenvalue weighted by molar-refractivity contribution is -0.255. The number of benzene rings is 2. The maximum Gasteiger partial charge on any atom is 0.191 e. The fourth-order valence-corrected chi connectivity index (χ4v) is 9.03. The molecule has 1 fully saturated rings. The summed E-state index contributed by atoms with van der Waals surface area (Å²) in [5, 5.41) is 0. The Balaban J connectivity index is 1.94. The zero-order valence-electron chi connectivity index (χ0n) is 25.5. The molecule has 1 unspecified atom stereocenters. The summed E-state index contributed by atoms with van der Waals surface area (Å²) >= 11 is 1.34. The number of sulfone groups is 1. The number of rotatable bonds is 14. The van der Waals surface area contributed by atoms with Gasteiger partial charge in [-0.1, -0.05) is 57.2 Å². The van der Waals surface area contributed by atoms with Gasteiger partial charge in [-0.15, -0.1) is 11.8 Å². The van der Waals surface area contributed by atoms with Crippen LogP contribution in [0.4, 0.5) is 0 Å². The lowest BCUT2D eigenvalue weighted by Crippen LogP contribution is -2.51. The molecule has 228 valence electrons. The number of thioether (sulfide) groups is 1. The van der Waals surface area contributed by atoms with E-state index < -0.39 is 26.6 Å². The van der Waals surface area contributed by atoms with E-state index in [9.17, 15) is 8.42 Å². The summed E-state index contributed by atoms with van der Waals surface area (Å²) in [4.78, 5) is 0.323. The van der Waals surface area contributed by atoms with Gasteiger partial charge >= 0.3 is 0 Å². The Hall–Kier alpha value is -1.88. The SMILES string of the molecule is COc1ccc(CO[C@H](/C(C)=C/[C@@H](C)C(SC)S(=O)(=O)c2ccccc2)[C@@H](OC)[C@@H]2O[C@@H](OC)[C@@H](C)C[C@H]2C)cc1. The molecular weight excluding hydrogens is 560 g/mol. The molecule has 0 spiro atoms. The van der Waals surface area contributed by atoms with Crippen molar-refractivity contribution in [2.45, 2.75) is 74.8 Å². The maximum absolute atomic E-state index is 13.5. The second kappa shape index (κ2) is 15.5. The van der Waals surface area contributed by atoms with Crippen molar-refractivity contribution >= 4 is 21.6 Å². The second-order valence-electron chi connectivity index (χ2n) is 10.9. The smallest absolute Gasteiger partial charge is 0.191 e. The molecule has 0 bridgehead atoms. The molecule has 41 heavy (non-hydrogen) atoms. The van der Waals surface area contributed by atoms with Gasteiger partial charge in [0.05, 0.1) is 24.7 Å². The summed E-state index contributed by atoms with van der Waals surface area (Å²) in [7, 11) is 1.41. The summed E-state index contributed by atoms with van der Waals surface area (Å²) in [6.45, 7) is 8.56. The average Bonchev–Trinajstić information content (AvgIpc) is 2.96. The van der Waals surface area contributed by atoms with Gasteiger partial charge in [-0.2, -0.15) is 0 Å². The zero-order valence-corrected chi connectivity index (χ0v) is 27.1. The molecule has 9 heteroatoms. The lowest BCUT2D eigenvalue weighted by atomic mass is 9.84. The van der Waals surface area contributed by atoms with Crippen molar-refractivity contribution in [3.63, 3.8) is 0 Å². The summed E-state index contributed by atoms with van der Waals surface area (Å²) < 4.78 is 56.5. The van der Waals surface area contributed by atoms with E-state index in [1.54, 1.807) is 45.6 Å². The highest BCUT2D eigenvalue weighted by molar-refractivity contribution is 8.13. The molecule has 2 aromatic rings. The van der Waals surface area contributed by atoms with E-state index in [0.29, 0.717) is 11.5 Å². The molecule has 0 radical (unpaired) electrons. The molecular formula is C32H46O7S2. The molecule has 1 heterocycles. The Morgan fingerprint density at radius 3 is 2.27 bits per heavy atom. The van der Waals surface area contributed by atoms with Crippen molar-refractivity contribution in [3.05, 3.63) is 71.8 Å². The Morgan fingerprint density at radius 2 is 1.71 bits per heavy atom. The van der Waals surface area contributed by atoms with Crippen molar-refractivity contribution in [3.8, 4) is 5.75 Å². The average molecular weight is 607 g/mol. The summed E-state index contributed by atoms with van der Waals surface area (Å²) in [5.41, 5.74) is 1.88. The Bertz CT molecular complexity index is 1200. The van der Waals surface area contributed by atoms with Crippen LogP contribution in [0.15, 0.2) is 71.1 Å². The Morgan fingerprint density at radius 1 is 1.05 bits per heavy atom. The third-order valence-corrected chi connectivity index (χ3v) is 12.0. The molecule has 1 saturated heterocycles. The molecule has 0 amide bonds. The topological polar surface area (TPSA) is 80.3 Å². The number of allylic oxidation sites excluding steroid dienone is 1. The van der Waals surface area contributed by atoms with E-state index in [4.69, 9.17) is 23.7 Å². The summed E-state index contributed by atoms with van der Waals surface area (Å²) in [6, 6.07) is 16.4. The highest BCUT2D eigenvalue weighted by Crippen LogP contribution is 2.36. The van der Waals surface area contributed by atoms with E-state index in [-0.39, 0.29) is 30.1 Å². The first-order chi connectivity index (χ1) is 19.6. The highest BCUT2D eigenvalue weighted by atomic mass is 32.3. The highest BCUT2D eigenvalue weighted by Gasteiger charge is 2.42. The zero-order chi connectivity index (χ0) is 30.2. The standard InChI is InChI=1S/C32H46O7S2/c1-21(19-24(4)32(40-8)41(33,34)27-12-10-9-11-13-27)28(38-20-25-14-16-26(35-5)17-15-25)30(36-6)29-22(2)18-23(3)31(37-7)39-29/h9-17,19,22-24,28-32H,18,20H2,1-8H3/b21-19+/t22-,23+,24-,28-,29-,30-,31-,32?/m1/s1. The van der Waals surface area contributed by atoms with Crippen molar-refractivity contribution in [2.75, 3.05) is 27.6 Å². The van der Waals surface area contributed by atoms with Gasteiger partial charge < -0.3 is 23.7 Å². The van der Waals surface area contributed by atoms with Gasteiger partial charge in [0.15, 0.2) is 16.1 Å². The van der Waals surface area contributed by atoms with E-state index in [1.165, 1.54) is 11.8 Å². The lowest BCUT2D eigenvalue weighted by Gasteiger charge is -2.43. The minimum absolute atomic E-state index is 0.205. The molecule has 0 aromatic heterocycles. The normalized spacial score (nSPS) is 24.8.